The van der Waals surface area contributed by atoms with Gasteiger partial charge in [-0.1, -0.05) is 19.1 Å². The van der Waals surface area contributed by atoms with Gasteiger partial charge in [0, 0.05) is 38.6 Å². The number of aliphatic imine (C=N–C) groups is 1. The summed E-state index contributed by atoms with van der Waals surface area (Å²) >= 11 is 0. The Kier molecular flexibility index (Phi) is 6.93. The fraction of sp³-hybridized carbons (Fsp3) is 0.650. The standard InChI is InChI=1S/C20H32N4O3/c1-20(14-27-15-20)13-23-19(21-2)22-12-18(24-8-10-26-11-9-24)16-4-6-17(25-3)7-5-16/h4-7,18H,8-15H2,1-3H3,(H2,21,22,23). The normalized spacial score (nSPS) is 21.2. The van der Waals surface area contributed by atoms with Gasteiger partial charge < -0.3 is 24.8 Å². The van der Waals surface area contributed by atoms with Gasteiger partial charge in [-0.25, -0.2) is 0 Å². The monoisotopic (exact) mass is 376 g/mol. The van der Waals surface area contributed by atoms with Crippen molar-refractivity contribution in [3.63, 3.8) is 0 Å². The van der Waals surface area contributed by atoms with Crippen LogP contribution in [0.5, 0.6) is 5.75 Å². The summed E-state index contributed by atoms with van der Waals surface area (Å²) in [6, 6.07) is 8.58. The lowest BCUT2D eigenvalue weighted by atomic mass is 9.89. The lowest BCUT2D eigenvalue weighted by Crippen LogP contribution is -2.52. The van der Waals surface area contributed by atoms with Crippen LogP contribution in [0.2, 0.25) is 0 Å². The molecular weight excluding hydrogens is 344 g/mol. The van der Waals surface area contributed by atoms with Crippen molar-refractivity contribution < 1.29 is 14.2 Å². The van der Waals surface area contributed by atoms with E-state index in [-0.39, 0.29) is 11.5 Å². The molecule has 27 heavy (non-hydrogen) atoms. The maximum Gasteiger partial charge on any atom is 0.191 e. The van der Waals surface area contributed by atoms with Gasteiger partial charge in [-0.15, -0.1) is 0 Å². The second kappa shape index (κ2) is 9.39. The van der Waals surface area contributed by atoms with Crippen molar-refractivity contribution in [1.82, 2.24) is 15.5 Å². The fourth-order valence-corrected chi connectivity index (χ4v) is 3.44. The number of benzene rings is 1. The van der Waals surface area contributed by atoms with Gasteiger partial charge in [0.1, 0.15) is 5.75 Å². The quantitative estimate of drug-likeness (QED) is 0.552. The molecule has 2 fully saturated rings. The Bertz CT molecular complexity index is 610. The first-order chi connectivity index (χ1) is 13.1. The van der Waals surface area contributed by atoms with Crippen LogP contribution in [0, 0.1) is 5.41 Å². The minimum Gasteiger partial charge on any atom is -0.497 e. The van der Waals surface area contributed by atoms with Gasteiger partial charge >= 0.3 is 0 Å². The predicted octanol–water partition coefficient (Wildman–Crippen LogP) is 1.27. The Balaban J connectivity index is 1.62. The average Bonchev–Trinajstić information content (AvgIpc) is 2.70. The number of guanidine groups is 1. The summed E-state index contributed by atoms with van der Waals surface area (Å²) < 4.78 is 16.2. The van der Waals surface area contributed by atoms with E-state index in [9.17, 15) is 0 Å². The number of nitrogens with one attached hydrogen (secondary N) is 2. The Morgan fingerprint density at radius 2 is 1.89 bits per heavy atom. The first kappa shape index (κ1) is 19.9. The zero-order valence-electron chi connectivity index (χ0n) is 16.7. The van der Waals surface area contributed by atoms with Crippen LogP contribution in [-0.4, -0.2) is 77.6 Å². The molecule has 2 aliphatic heterocycles. The van der Waals surface area contributed by atoms with Gasteiger partial charge in [-0.05, 0) is 17.7 Å². The van der Waals surface area contributed by atoms with Crippen LogP contribution in [0.15, 0.2) is 29.3 Å². The van der Waals surface area contributed by atoms with Crippen molar-refractivity contribution >= 4 is 5.96 Å². The number of nitrogens with zero attached hydrogens (tertiary/aromatic N) is 2. The molecule has 7 nitrogen and oxygen atoms in total. The number of ether oxygens (including phenoxy) is 3. The van der Waals surface area contributed by atoms with E-state index in [4.69, 9.17) is 14.2 Å². The van der Waals surface area contributed by atoms with E-state index in [1.54, 1.807) is 7.11 Å². The summed E-state index contributed by atoms with van der Waals surface area (Å²) in [6.07, 6.45) is 0. The molecule has 3 rings (SSSR count). The van der Waals surface area contributed by atoms with Gasteiger partial charge in [0.05, 0.1) is 39.6 Å². The van der Waals surface area contributed by atoms with E-state index in [2.05, 4.69) is 39.6 Å². The Morgan fingerprint density at radius 1 is 1.19 bits per heavy atom. The van der Waals surface area contributed by atoms with Crippen molar-refractivity contribution in [3.05, 3.63) is 29.8 Å². The average molecular weight is 377 g/mol. The second-order valence-electron chi connectivity index (χ2n) is 7.55. The predicted molar refractivity (Wildman–Crippen MR) is 106 cm³/mol. The van der Waals surface area contributed by atoms with E-state index < -0.39 is 0 Å². The van der Waals surface area contributed by atoms with Gasteiger partial charge in [0.25, 0.3) is 0 Å². The molecule has 1 unspecified atom stereocenters. The summed E-state index contributed by atoms with van der Waals surface area (Å²) in [5, 5.41) is 6.93. The van der Waals surface area contributed by atoms with Gasteiger partial charge in [-0.3, -0.25) is 9.89 Å². The maximum absolute atomic E-state index is 5.53. The van der Waals surface area contributed by atoms with E-state index in [1.807, 2.05) is 19.2 Å². The molecule has 0 aromatic heterocycles. The maximum atomic E-state index is 5.53. The molecule has 1 aromatic carbocycles. The SMILES string of the molecule is CN=C(NCC(c1ccc(OC)cc1)N1CCOCC1)NCC1(C)COC1. The summed E-state index contributed by atoms with van der Waals surface area (Å²) in [7, 11) is 3.51. The van der Waals surface area contributed by atoms with Gasteiger partial charge in [0.2, 0.25) is 0 Å². The third kappa shape index (κ3) is 5.34. The fourth-order valence-electron chi connectivity index (χ4n) is 3.44. The number of hydrogen-bond acceptors (Lipinski definition) is 5. The zero-order valence-corrected chi connectivity index (χ0v) is 16.7. The second-order valence-corrected chi connectivity index (χ2v) is 7.55. The molecule has 7 heteroatoms. The van der Waals surface area contributed by atoms with E-state index >= 15 is 0 Å². The Morgan fingerprint density at radius 3 is 2.44 bits per heavy atom. The summed E-state index contributed by atoms with van der Waals surface area (Å²) in [5.41, 5.74) is 1.47. The summed E-state index contributed by atoms with van der Waals surface area (Å²) in [4.78, 5) is 6.84. The molecule has 0 spiro atoms. The van der Waals surface area contributed by atoms with Crippen LogP contribution in [0.1, 0.15) is 18.5 Å². The molecule has 0 amide bonds. The van der Waals surface area contributed by atoms with Crippen LogP contribution in [0.3, 0.4) is 0 Å². The van der Waals surface area contributed by atoms with Crippen LogP contribution < -0.4 is 15.4 Å². The van der Waals surface area contributed by atoms with Crippen molar-refractivity contribution in [3.8, 4) is 5.75 Å². The van der Waals surface area contributed by atoms with Crippen molar-refractivity contribution in [2.24, 2.45) is 10.4 Å². The molecule has 0 aliphatic carbocycles. The highest BCUT2D eigenvalue weighted by Gasteiger charge is 2.33. The molecule has 0 radical (unpaired) electrons. The molecule has 2 N–H and O–H groups in total. The van der Waals surface area contributed by atoms with Crippen molar-refractivity contribution in [2.75, 3.05) is 66.8 Å². The third-order valence-electron chi connectivity index (χ3n) is 5.26. The zero-order chi connectivity index (χ0) is 19.1. The topological polar surface area (TPSA) is 67.4 Å². The minimum absolute atomic E-state index is 0.206. The molecule has 2 heterocycles. The van der Waals surface area contributed by atoms with Crippen molar-refractivity contribution in [2.45, 2.75) is 13.0 Å². The molecule has 0 bridgehead atoms. The van der Waals surface area contributed by atoms with Crippen LogP contribution in [0.4, 0.5) is 0 Å². The van der Waals surface area contributed by atoms with E-state index in [0.717, 1.165) is 64.3 Å². The number of hydrogen-bond donors (Lipinski definition) is 2. The Hall–Kier alpha value is -1.83. The van der Waals surface area contributed by atoms with Crippen LogP contribution in [-0.2, 0) is 9.47 Å². The molecule has 2 saturated heterocycles. The molecule has 0 saturated carbocycles. The largest absolute Gasteiger partial charge is 0.497 e. The number of methoxy groups -OCH3 is 1. The summed E-state index contributed by atoms with van der Waals surface area (Å²) in [5.74, 6) is 1.70. The first-order valence-electron chi connectivity index (χ1n) is 9.61. The molecule has 150 valence electrons. The highest BCUT2D eigenvalue weighted by Crippen LogP contribution is 2.25. The Labute approximate surface area is 162 Å². The lowest BCUT2D eigenvalue weighted by Gasteiger charge is -2.38. The van der Waals surface area contributed by atoms with E-state index in [0.29, 0.717) is 0 Å². The van der Waals surface area contributed by atoms with E-state index in [1.165, 1.54) is 5.56 Å². The van der Waals surface area contributed by atoms with Gasteiger partial charge in [-0.2, -0.15) is 0 Å². The van der Waals surface area contributed by atoms with Crippen LogP contribution >= 0.6 is 0 Å². The molecular formula is C20H32N4O3. The van der Waals surface area contributed by atoms with Crippen LogP contribution in [0.25, 0.3) is 0 Å². The summed E-state index contributed by atoms with van der Waals surface area (Å²) in [6.45, 7) is 8.88. The number of morpholine rings is 1. The highest BCUT2D eigenvalue weighted by atomic mass is 16.5. The third-order valence-corrected chi connectivity index (χ3v) is 5.26. The molecule has 1 atom stereocenters. The smallest absolute Gasteiger partial charge is 0.191 e. The minimum atomic E-state index is 0.206. The molecule has 1 aromatic rings. The first-order valence-corrected chi connectivity index (χ1v) is 9.61. The number of rotatable bonds is 7. The highest BCUT2D eigenvalue weighted by molar-refractivity contribution is 5.79. The molecule has 2 aliphatic rings. The van der Waals surface area contributed by atoms with Gasteiger partial charge in [0.15, 0.2) is 5.96 Å². The van der Waals surface area contributed by atoms with Crippen molar-refractivity contribution in [1.29, 1.82) is 0 Å². The lowest BCUT2D eigenvalue weighted by molar-refractivity contribution is -0.0971.